The van der Waals surface area contributed by atoms with E-state index in [1.807, 2.05) is 0 Å². The van der Waals surface area contributed by atoms with Gasteiger partial charge in [0.15, 0.2) is 6.10 Å². The lowest BCUT2D eigenvalue weighted by atomic mass is 10.1. The molecule has 8 nitrogen and oxygen atoms in total. The van der Waals surface area contributed by atoms with E-state index in [0.29, 0.717) is 6.42 Å². The molecule has 0 bridgehead atoms. The maximum absolute atomic E-state index is 12.5. The summed E-state index contributed by atoms with van der Waals surface area (Å²) in [5.41, 5.74) is 0. The molecule has 0 radical (unpaired) electrons. The van der Waals surface area contributed by atoms with Crippen LogP contribution in [0.15, 0.2) is 24.3 Å². The van der Waals surface area contributed by atoms with Crippen LogP contribution < -0.4 is 0 Å². The molecular weight excluding hydrogens is 651 g/mol. The summed E-state index contributed by atoms with van der Waals surface area (Å²) in [6.45, 7) is 5.44. The number of hydrogen-bond acceptors (Lipinski definition) is 7. The minimum Gasteiger partial charge on any atom is -0.462 e. The zero-order valence-electron chi connectivity index (χ0n) is 32.6. The second-order valence-electron chi connectivity index (χ2n) is 13.6. The molecule has 0 spiro atoms. The average Bonchev–Trinajstić information content (AvgIpc) is 3.09. The van der Waals surface area contributed by atoms with Crippen molar-refractivity contribution in [1.29, 1.82) is 0 Å². The van der Waals surface area contributed by atoms with Crippen LogP contribution in [0.5, 0.6) is 0 Å². The van der Waals surface area contributed by atoms with Crippen molar-refractivity contribution in [1.82, 2.24) is 0 Å². The first kappa shape index (κ1) is 48.5. The van der Waals surface area contributed by atoms with Gasteiger partial charge in [-0.15, -0.1) is 0 Å². The van der Waals surface area contributed by atoms with Gasteiger partial charge in [0.1, 0.15) is 6.61 Å². The van der Waals surface area contributed by atoms with Crippen LogP contribution in [0.3, 0.4) is 0 Å². The number of phosphoric ester groups is 1. The van der Waals surface area contributed by atoms with E-state index in [1.165, 1.54) is 96.3 Å². The maximum atomic E-state index is 12.5. The third-order valence-electron chi connectivity index (χ3n) is 8.73. The standard InChI is InChI=1S/C41H77O8P/c1-4-7-9-11-13-15-17-19-20-21-22-23-24-26-28-30-32-34-36-41(43)49-39(38-48-50(44,45)47-6-3)37-46-40(42)35-33-31-29-27-25-18-16-14-12-10-8-5-2/h14,16,20-21,39H,4-13,15,17-19,22-38H2,1-3H3,(H,44,45)/b16-14-,21-20-. The van der Waals surface area contributed by atoms with E-state index in [9.17, 15) is 19.0 Å². The molecule has 0 aromatic rings. The second-order valence-corrected chi connectivity index (χ2v) is 15.1. The Morgan fingerprint density at radius 1 is 0.520 bits per heavy atom. The van der Waals surface area contributed by atoms with Crippen LogP contribution >= 0.6 is 7.82 Å². The fourth-order valence-corrected chi connectivity index (χ4v) is 6.43. The lowest BCUT2D eigenvalue weighted by Gasteiger charge is -2.19. The zero-order chi connectivity index (χ0) is 36.8. The van der Waals surface area contributed by atoms with E-state index in [1.54, 1.807) is 6.92 Å². The molecule has 0 aliphatic heterocycles. The molecule has 50 heavy (non-hydrogen) atoms. The van der Waals surface area contributed by atoms with Crippen molar-refractivity contribution < 1.29 is 37.6 Å². The topological polar surface area (TPSA) is 108 Å². The van der Waals surface area contributed by atoms with Crippen molar-refractivity contribution in [3.05, 3.63) is 24.3 Å². The summed E-state index contributed by atoms with van der Waals surface area (Å²) in [4.78, 5) is 34.6. The van der Waals surface area contributed by atoms with Crippen LogP contribution in [0.1, 0.15) is 201 Å². The lowest BCUT2D eigenvalue weighted by Crippen LogP contribution is -2.29. The van der Waals surface area contributed by atoms with Gasteiger partial charge in [0.2, 0.25) is 0 Å². The van der Waals surface area contributed by atoms with Gasteiger partial charge in [-0.05, 0) is 71.1 Å². The lowest BCUT2D eigenvalue weighted by molar-refractivity contribution is -0.161. The fourth-order valence-electron chi connectivity index (χ4n) is 5.68. The Labute approximate surface area is 307 Å². The summed E-state index contributed by atoms with van der Waals surface area (Å²) in [6.07, 6.45) is 39.4. The quantitative estimate of drug-likeness (QED) is 0.0290. The molecule has 0 heterocycles. The Morgan fingerprint density at radius 3 is 1.36 bits per heavy atom. The van der Waals surface area contributed by atoms with E-state index in [4.69, 9.17) is 18.5 Å². The minimum absolute atomic E-state index is 0.000624. The molecule has 1 N–H and O–H groups in total. The summed E-state index contributed by atoms with van der Waals surface area (Å²) in [6, 6.07) is 0. The molecule has 0 saturated heterocycles. The number of phosphoric acid groups is 1. The largest absolute Gasteiger partial charge is 0.472 e. The Hall–Kier alpha value is -1.47. The molecule has 0 saturated carbocycles. The molecular formula is C41H77O8P. The highest BCUT2D eigenvalue weighted by atomic mass is 31.2. The van der Waals surface area contributed by atoms with E-state index >= 15 is 0 Å². The summed E-state index contributed by atoms with van der Waals surface area (Å²) in [7, 11) is -4.28. The Kier molecular flexibility index (Phi) is 36.2. The van der Waals surface area contributed by atoms with Crippen molar-refractivity contribution in [2.45, 2.75) is 207 Å². The minimum atomic E-state index is -4.28. The van der Waals surface area contributed by atoms with E-state index in [2.05, 4.69) is 38.2 Å². The molecule has 294 valence electrons. The smallest absolute Gasteiger partial charge is 0.462 e. The molecule has 2 atom stereocenters. The zero-order valence-corrected chi connectivity index (χ0v) is 33.5. The van der Waals surface area contributed by atoms with Crippen LogP contribution in [0, 0.1) is 0 Å². The number of esters is 2. The highest BCUT2D eigenvalue weighted by Crippen LogP contribution is 2.43. The first-order chi connectivity index (χ1) is 24.3. The van der Waals surface area contributed by atoms with Gasteiger partial charge in [-0.25, -0.2) is 4.57 Å². The number of carbonyl (C=O) groups is 2. The highest BCUT2D eigenvalue weighted by Gasteiger charge is 2.25. The van der Waals surface area contributed by atoms with Crippen LogP contribution in [-0.4, -0.2) is 42.8 Å². The third-order valence-corrected chi connectivity index (χ3v) is 9.79. The Bertz CT molecular complexity index is 875. The monoisotopic (exact) mass is 729 g/mol. The van der Waals surface area contributed by atoms with E-state index in [0.717, 1.165) is 64.2 Å². The maximum Gasteiger partial charge on any atom is 0.472 e. The van der Waals surface area contributed by atoms with Gasteiger partial charge in [0.25, 0.3) is 0 Å². The predicted molar refractivity (Wildman–Crippen MR) is 207 cm³/mol. The van der Waals surface area contributed by atoms with E-state index < -0.39 is 26.5 Å². The summed E-state index contributed by atoms with van der Waals surface area (Å²) in [5, 5.41) is 0. The van der Waals surface area contributed by atoms with Gasteiger partial charge < -0.3 is 14.4 Å². The van der Waals surface area contributed by atoms with Crippen LogP contribution in [-0.2, 0) is 32.7 Å². The Morgan fingerprint density at radius 2 is 0.900 bits per heavy atom. The molecule has 0 aliphatic rings. The summed E-state index contributed by atoms with van der Waals surface area (Å²) >= 11 is 0. The molecule has 9 heteroatoms. The number of ether oxygens (including phenoxy) is 2. The summed E-state index contributed by atoms with van der Waals surface area (Å²) < 4.78 is 32.6. The van der Waals surface area contributed by atoms with Crippen molar-refractivity contribution >= 4 is 19.8 Å². The average molecular weight is 729 g/mol. The fraction of sp³-hybridized carbons (Fsp3) is 0.854. The van der Waals surface area contributed by atoms with Crippen molar-refractivity contribution in [3.63, 3.8) is 0 Å². The first-order valence-corrected chi connectivity index (χ1v) is 22.1. The number of carbonyl (C=O) groups excluding carboxylic acids is 2. The summed E-state index contributed by atoms with van der Waals surface area (Å²) in [5.74, 6) is -0.810. The number of rotatable bonds is 38. The molecule has 0 aliphatic carbocycles. The normalized spacial score (nSPS) is 13.6. The number of unbranched alkanes of at least 4 members (excludes halogenated alkanes) is 22. The molecule has 0 fully saturated rings. The molecule has 0 aromatic heterocycles. The van der Waals surface area contributed by atoms with Gasteiger partial charge in [0, 0.05) is 12.8 Å². The van der Waals surface area contributed by atoms with Gasteiger partial charge in [-0.2, -0.15) is 0 Å². The predicted octanol–water partition coefficient (Wildman–Crippen LogP) is 12.7. The second kappa shape index (κ2) is 37.3. The van der Waals surface area contributed by atoms with Gasteiger partial charge >= 0.3 is 19.8 Å². The van der Waals surface area contributed by atoms with Gasteiger partial charge in [-0.3, -0.25) is 18.6 Å². The first-order valence-electron chi connectivity index (χ1n) is 20.6. The SMILES string of the molecule is CCCCC/C=C\CCCCCCCC(=O)OCC(COP(=O)(O)OCC)OC(=O)CCCCCCCCC/C=C\CCCCCCCCC. The van der Waals surface area contributed by atoms with Crippen LogP contribution in [0.4, 0.5) is 0 Å². The van der Waals surface area contributed by atoms with Crippen LogP contribution in [0.25, 0.3) is 0 Å². The third kappa shape index (κ3) is 36.3. The van der Waals surface area contributed by atoms with Crippen molar-refractivity contribution in [3.8, 4) is 0 Å². The van der Waals surface area contributed by atoms with E-state index in [-0.39, 0.29) is 32.0 Å². The number of hydrogen-bond donors (Lipinski definition) is 1. The molecule has 0 aromatic carbocycles. The van der Waals surface area contributed by atoms with Crippen LogP contribution in [0.2, 0.25) is 0 Å². The molecule has 0 amide bonds. The van der Waals surface area contributed by atoms with Gasteiger partial charge in [-0.1, -0.05) is 141 Å². The molecule has 0 rings (SSSR count). The number of allylic oxidation sites excluding steroid dienone is 4. The van der Waals surface area contributed by atoms with Gasteiger partial charge in [0.05, 0.1) is 13.2 Å². The van der Waals surface area contributed by atoms with Crippen molar-refractivity contribution in [2.75, 3.05) is 19.8 Å². The highest BCUT2D eigenvalue weighted by molar-refractivity contribution is 7.47. The Balaban J connectivity index is 4.10. The molecule has 2 unspecified atom stereocenters. The van der Waals surface area contributed by atoms with Crippen molar-refractivity contribution in [2.24, 2.45) is 0 Å².